The average Bonchev–Trinajstić information content (AvgIpc) is 2.89. The van der Waals surface area contributed by atoms with Gasteiger partial charge in [0, 0.05) is 17.7 Å². The summed E-state index contributed by atoms with van der Waals surface area (Å²) in [7, 11) is 0. The summed E-state index contributed by atoms with van der Waals surface area (Å²) in [5, 5.41) is 111. The third-order valence-corrected chi connectivity index (χ3v) is 6.53. The summed E-state index contributed by atoms with van der Waals surface area (Å²) in [5.74, 6) is -3.59. The lowest BCUT2D eigenvalue weighted by Gasteiger charge is -2.43. The number of hydrogen-bond donors (Lipinski definition) is 11. The van der Waals surface area contributed by atoms with Crippen LogP contribution in [0.4, 0.5) is 0 Å². The highest BCUT2D eigenvalue weighted by atomic mass is 16.7. The smallest absolute Gasteiger partial charge is 0.239 e. The van der Waals surface area contributed by atoms with Gasteiger partial charge in [-0.2, -0.15) is 0 Å². The number of aliphatic hydroxyl groups excluding tert-OH is 7. The fraction of sp³-hybridized carbons (Fsp3) is 0.400. The molecule has 15 heteroatoms. The molecule has 218 valence electrons. The molecule has 1 saturated heterocycles. The first kappa shape index (κ1) is 29.3. The number of aromatic hydroxyl groups is 4. The molecule has 3 aromatic rings. The van der Waals surface area contributed by atoms with Crippen LogP contribution in [0.5, 0.6) is 28.7 Å². The lowest BCUT2D eigenvalue weighted by molar-refractivity contribution is -0.298. The summed E-state index contributed by atoms with van der Waals surface area (Å²) in [6.45, 7) is 1.11. The summed E-state index contributed by atoms with van der Waals surface area (Å²) < 4.78 is 16.6. The van der Waals surface area contributed by atoms with E-state index in [1.165, 1.54) is 6.07 Å². The molecule has 11 N–H and O–H groups in total. The maximum atomic E-state index is 13.5. The molecule has 9 atom stereocenters. The molecule has 0 radical (unpaired) electrons. The number of hydrogen-bond acceptors (Lipinski definition) is 15. The van der Waals surface area contributed by atoms with Crippen LogP contribution in [-0.4, -0.2) is 111 Å². The number of benzene rings is 2. The molecule has 0 amide bonds. The van der Waals surface area contributed by atoms with E-state index < -0.39 is 100 Å². The number of aliphatic hydroxyl groups is 7. The van der Waals surface area contributed by atoms with E-state index in [1.54, 1.807) is 0 Å². The topological polar surface area (TPSA) is 271 Å². The monoisotopic (exact) mass is 568 g/mol. The molecular weight excluding hydrogens is 540 g/mol. The molecule has 1 aliphatic rings. The van der Waals surface area contributed by atoms with Crippen molar-refractivity contribution in [2.24, 2.45) is 0 Å². The van der Waals surface area contributed by atoms with E-state index >= 15 is 0 Å². The van der Waals surface area contributed by atoms with Gasteiger partial charge < -0.3 is 70.1 Å². The molecule has 0 bridgehead atoms. The van der Waals surface area contributed by atoms with Gasteiger partial charge >= 0.3 is 0 Å². The molecule has 1 unspecified atom stereocenters. The minimum Gasteiger partial charge on any atom is -0.508 e. The fourth-order valence-electron chi connectivity index (χ4n) is 4.28. The van der Waals surface area contributed by atoms with Crippen LogP contribution in [0.25, 0.3) is 22.3 Å². The Hall–Kier alpha value is -3.67. The summed E-state index contributed by atoms with van der Waals surface area (Å²) in [5.41, 5.74) is -1.49. The van der Waals surface area contributed by atoms with Crippen molar-refractivity contribution < 1.29 is 70.1 Å². The molecular formula is C25H28O15. The minimum absolute atomic E-state index is 0.0786. The summed E-state index contributed by atoms with van der Waals surface area (Å²) in [6, 6.07) is 5.06. The largest absolute Gasteiger partial charge is 0.508 e. The quantitative estimate of drug-likeness (QED) is 0.137. The molecule has 40 heavy (non-hydrogen) atoms. The van der Waals surface area contributed by atoms with Crippen molar-refractivity contribution in [3.63, 3.8) is 0 Å². The normalized spacial score (nSPS) is 26.2. The van der Waals surface area contributed by atoms with Gasteiger partial charge in [0.15, 0.2) is 17.3 Å². The Morgan fingerprint density at radius 2 is 1.50 bits per heavy atom. The lowest BCUT2D eigenvalue weighted by atomic mass is 9.90. The van der Waals surface area contributed by atoms with Gasteiger partial charge in [-0.1, -0.05) is 0 Å². The third kappa shape index (κ3) is 5.24. The van der Waals surface area contributed by atoms with Crippen molar-refractivity contribution >= 4 is 11.0 Å². The summed E-state index contributed by atoms with van der Waals surface area (Å²) in [4.78, 5) is 13.5. The number of fused-ring (bicyclic) bond motifs is 1. The summed E-state index contributed by atoms with van der Waals surface area (Å²) >= 11 is 0. The summed E-state index contributed by atoms with van der Waals surface area (Å²) in [6.07, 6.45) is -17.9. The van der Waals surface area contributed by atoms with Crippen LogP contribution in [0.15, 0.2) is 39.5 Å². The van der Waals surface area contributed by atoms with Crippen LogP contribution in [-0.2, 0) is 4.74 Å². The minimum atomic E-state index is -2.15. The van der Waals surface area contributed by atoms with Gasteiger partial charge in [0.05, 0.1) is 6.10 Å². The van der Waals surface area contributed by atoms with Crippen LogP contribution in [0.1, 0.15) is 6.92 Å². The van der Waals surface area contributed by atoms with Gasteiger partial charge in [-0.25, -0.2) is 0 Å². The fourth-order valence-corrected chi connectivity index (χ4v) is 4.28. The van der Waals surface area contributed by atoms with Gasteiger partial charge in [-0.15, -0.1) is 0 Å². The molecule has 2 aromatic carbocycles. The van der Waals surface area contributed by atoms with E-state index in [1.807, 2.05) is 0 Å². The van der Waals surface area contributed by atoms with Crippen LogP contribution >= 0.6 is 0 Å². The predicted molar refractivity (Wildman–Crippen MR) is 132 cm³/mol. The molecule has 1 aliphatic heterocycles. The second-order valence-electron chi connectivity index (χ2n) is 9.40. The van der Waals surface area contributed by atoms with Crippen molar-refractivity contribution in [2.75, 3.05) is 0 Å². The Bertz CT molecular complexity index is 1440. The highest BCUT2D eigenvalue weighted by Crippen LogP contribution is 2.39. The Labute approximate surface area is 224 Å². The molecule has 1 fully saturated rings. The number of ether oxygens (including phenoxy) is 2. The van der Waals surface area contributed by atoms with Crippen molar-refractivity contribution in [2.45, 2.75) is 62.0 Å². The number of phenols is 4. The zero-order valence-corrected chi connectivity index (χ0v) is 20.6. The number of phenolic OH excluding ortho intramolecular Hbond substituents is 4. The Morgan fingerprint density at radius 3 is 2.12 bits per heavy atom. The van der Waals surface area contributed by atoms with Gasteiger partial charge in [-0.05, 0) is 25.1 Å². The first-order valence-corrected chi connectivity index (χ1v) is 11.9. The second kappa shape index (κ2) is 11.1. The maximum absolute atomic E-state index is 13.5. The molecule has 0 saturated carbocycles. The van der Waals surface area contributed by atoms with Gasteiger partial charge in [-0.3, -0.25) is 4.79 Å². The number of rotatable bonds is 7. The van der Waals surface area contributed by atoms with Crippen molar-refractivity contribution in [3.05, 3.63) is 40.6 Å². The maximum Gasteiger partial charge on any atom is 0.239 e. The second-order valence-corrected chi connectivity index (χ2v) is 9.40. The zero-order chi connectivity index (χ0) is 29.6. The van der Waals surface area contributed by atoms with E-state index in [4.69, 9.17) is 13.9 Å². The highest BCUT2D eigenvalue weighted by molar-refractivity contribution is 5.88. The first-order valence-electron chi connectivity index (χ1n) is 11.9. The van der Waals surface area contributed by atoms with Crippen molar-refractivity contribution in [3.8, 4) is 40.1 Å². The molecule has 2 heterocycles. The average molecular weight is 568 g/mol. The standard InChI is InChI=1S/C25H28O15/c1-7(26)15(31)17(33)19(35)23-20(36)18(34)21(37)25(39-23)40-24-16(32)14-12(30)5-9(27)6-13(14)38-22(24)8-2-3-10(28)11(29)4-8/h2-7,15,17-21,23,25-31,33-37H,1H3/t7-,15-,17+,18+,19-,20-,21-,23-,25?/m1/s1. The van der Waals surface area contributed by atoms with E-state index in [2.05, 4.69) is 0 Å². The highest BCUT2D eigenvalue weighted by Gasteiger charge is 2.50. The molecule has 15 nitrogen and oxygen atoms in total. The van der Waals surface area contributed by atoms with E-state index in [0.29, 0.717) is 0 Å². The van der Waals surface area contributed by atoms with Crippen LogP contribution in [0.2, 0.25) is 0 Å². The van der Waals surface area contributed by atoms with Gasteiger partial charge in [0.2, 0.25) is 17.5 Å². The molecule has 0 aliphatic carbocycles. The zero-order valence-electron chi connectivity index (χ0n) is 20.6. The van der Waals surface area contributed by atoms with E-state index in [-0.39, 0.29) is 11.1 Å². The Kier molecular flexibility index (Phi) is 8.11. The third-order valence-electron chi connectivity index (χ3n) is 6.53. The first-order chi connectivity index (χ1) is 18.7. The SMILES string of the molecule is C[C@@H](O)[C@@H](O)[C@H](O)[C@@H](O)[C@H]1OC(Oc2c(-c3ccc(O)c(O)c3)oc3cc(O)cc(O)c3c2=O)[C@H](O)[C@@H](O)[C@H]1O. The van der Waals surface area contributed by atoms with Crippen LogP contribution in [0, 0.1) is 0 Å². The Morgan fingerprint density at radius 1 is 0.825 bits per heavy atom. The Balaban J connectivity index is 1.82. The van der Waals surface area contributed by atoms with Crippen LogP contribution in [0.3, 0.4) is 0 Å². The lowest BCUT2D eigenvalue weighted by Crippen LogP contribution is -2.64. The molecule has 4 rings (SSSR count). The predicted octanol–water partition coefficient (Wildman–Crippen LogP) is -2.07. The van der Waals surface area contributed by atoms with E-state index in [9.17, 15) is 61.0 Å². The van der Waals surface area contributed by atoms with Crippen LogP contribution < -0.4 is 10.2 Å². The van der Waals surface area contributed by atoms with E-state index in [0.717, 1.165) is 31.2 Å². The molecule has 0 spiro atoms. The van der Waals surface area contributed by atoms with Gasteiger partial charge in [0.1, 0.15) is 65.2 Å². The van der Waals surface area contributed by atoms with Crippen molar-refractivity contribution in [1.29, 1.82) is 0 Å². The molecule has 1 aromatic heterocycles. The van der Waals surface area contributed by atoms with Gasteiger partial charge in [0.25, 0.3) is 0 Å². The van der Waals surface area contributed by atoms with Crippen molar-refractivity contribution in [1.82, 2.24) is 0 Å².